The summed E-state index contributed by atoms with van der Waals surface area (Å²) in [6.07, 6.45) is 7.59. The molecule has 0 saturated carbocycles. The third-order valence-corrected chi connectivity index (χ3v) is 3.14. The Morgan fingerprint density at radius 3 is 2.29 bits per heavy atom. The molecule has 0 radical (unpaired) electrons. The van der Waals surface area contributed by atoms with Gasteiger partial charge in [-0.3, -0.25) is 9.59 Å². The highest BCUT2D eigenvalue weighted by atomic mass is 16.5. The first-order valence-electron chi connectivity index (χ1n) is 8.01. The Bertz CT molecular complexity index is 321. The lowest BCUT2D eigenvalue weighted by Crippen LogP contribution is -2.22. The molecule has 1 atom stereocenters. The van der Waals surface area contributed by atoms with Crippen molar-refractivity contribution >= 4 is 11.9 Å². The van der Waals surface area contributed by atoms with Gasteiger partial charge in [0.2, 0.25) is 0 Å². The van der Waals surface area contributed by atoms with Crippen molar-refractivity contribution < 1.29 is 19.1 Å². The summed E-state index contributed by atoms with van der Waals surface area (Å²) in [6.45, 7) is 8.54. The fraction of sp³-hybridized carbons (Fsp3) is 0.765. The van der Waals surface area contributed by atoms with Gasteiger partial charge in [0.1, 0.15) is 6.10 Å². The summed E-state index contributed by atoms with van der Waals surface area (Å²) in [5.74, 6) is -0.155. The minimum Gasteiger partial charge on any atom is -0.465 e. The van der Waals surface area contributed by atoms with Gasteiger partial charge in [-0.05, 0) is 31.6 Å². The van der Waals surface area contributed by atoms with E-state index in [-0.39, 0.29) is 30.9 Å². The molecular formula is C17H30O4. The SMILES string of the molecule is CC/C=C/CCOC(=O)CCCC(=O)OC(CC)C(C)C. The van der Waals surface area contributed by atoms with Crippen molar-refractivity contribution in [2.45, 2.75) is 72.3 Å². The molecule has 0 bridgehead atoms. The number of rotatable bonds is 11. The zero-order chi connectivity index (χ0) is 16.1. The van der Waals surface area contributed by atoms with Gasteiger partial charge in [0, 0.05) is 12.8 Å². The van der Waals surface area contributed by atoms with Gasteiger partial charge in [-0.15, -0.1) is 0 Å². The van der Waals surface area contributed by atoms with Gasteiger partial charge in [0.05, 0.1) is 6.61 Å². The van der Waals surface area contributed by atoms with Crippen molar-refractivity contribution in [1.29, 1.82) is 0 Å². The molecule has 0 aromatic heterocycles. The Balaban J connectivity index is 3.70. The van der Waals surface area contributed by atoms with Crippen molar-refractivity contribution in [1.82, 2.24) is 0 Å². The van der Waals surface area contributed by atoms with Crippen molar-refractivity contribution in [2.75, 3.05) is 6.61 Å². The van der Waals surface area contributed by atoms with Gasteiger partial charge in [-0.1, -0.05) is 39.8 Å². The average Bonchev–Trinajstić information content (AvgIpc) is 2.44. The van der Waals surface area contributed by atoms with Crippen molar-refractivity contribution in [3.8, 4) is 0 Å². The normalized spacial score (nSPS) is 12.6. The lowest BCUT2D eigenvalue weighted by Gasteiger charge is -2.19. The largest absolute Gasteiger partial charge is 0.465 e. The predicted molar refractivity (Wildman–Crippen MR) is 83.9 cm³/mol. The van der Waals surface area contributed by atoms with E-state index in [1.165, 1.54) is 0 Å². The summed E-state index contributed by atoms with van der Waals surface area (Å²) < 4.78 is 10.4. The molecule has 0 fully saturated rings. The lowest BCUT2D eigenvalue weighted by molar-refractivity contribution is -0.151. The zero-order valence-corrected chi connectivity index (χ0v) is 13.9. The van der Waals surface area contributed by atoms with E-state index in [4.69, 9.17) is 9.47 Å². The van der Waals surface area contributed by atoms with E-state index in [2.05, 4.69) is 6.92 Å². The fourth-order valence-electron chi connectivity index (χ4n) is 1.89. The standard InChI is InChI=1S/C17H30O4/c1-5-7-8-9-13-20-16(18)11-10-12-17(19)21-15(6-2)14(3)4/h7-8,14-15H,5-6,9-13H2,1-4H3/b8-7+. The maximum absolute atomic E-state index is 11.6. The maximum Gasteiger partial charge on any atom is 0.306 e. The van der Waals surface area contributed by atoms with E-state index in [0.29, 0.717) is 18.9 Å². The van der Waals surface area contributed by atoms with Gasteiger partial charge in [-0.2, -0.15) is 0 Å². The summed E-state index contributed by atoms with van der Waals surface area (Å²) >= 11 is 0. The molecule has 0 aromatic carbocycles. The van der Waals surface area contributed by atoms with Gasteiger partial charge < -0.3 is 9.47 Å². The summed E-state index contributed by atoms with van der Waals surface area (Å²) in [6, 6.07) is 0. The molecule has 4 nitrogen and oxygen atoms in total. The fourth-order valence-corrected chi connectivity index (χ4v) is 1.89. The molecule has 21 heavy (non-hydrogen) atoms. The van der Waals surface area contributed by atoms with Crippen LogP contribution in [0.15, 0.2) is 12.2 Å². The number of allylic oxidation sites excluding steroid dienone is 1. The van der Waals surface area contributed by atoms with Crippen LogP contribution in [0.4, 0.5) is 0 Å². The summed E-state index contributed by atoms with van der Waals surface area (Å²) in [7, 11) is 0. The summed E-state index contributed by atoms with van der Waals surface area (Å²) in [5.41, 5.74) is 0. The molecule has 1 unspecified atom stereocenters. The third kappa shape index (κ3) is 11.1. The Hall–Kier alpha value is -1.32. The molecule has 0 aliphatic heterocycles. The second-order valence-electron chi connectivity index (χ2n) is 5.42. The number of esters is 2. The van der Waals surface area contributed by atoms with Gasteiger partial charge in [0.15, 0.2) is 0 Å². The van der Waals surface area contributed by atoms with Crippen molar-refractivity contribution in [3.63, 3.8) is 0 Å². The minimum absolute atomic E-state index is 0.0326. The lowest BCUT2D eigenvalue weighted by atomic mass is 10.1. The molecule has 122 valence electrons. The van der Waals surface area contributed by atoms with Crippen LogP contribution < -0.4 is 0 Å². The highest BCUT2D eigenvalue weighted by Gasteiger charge is 2.16. The predicted octanol–water partition coefficient (Wildman–Crippen LogP) is 4.03. The first-order chi connectivity index (χ1) is 10.0. The van der Waals surface area contributed by atoms with E-state index in [1.807, 2.05) is 32.9 Å². The van der Waals surface area contributed by atoms with Crippen LogP contribution in [0.5, 0.6) is 0 Å². The molecule has 0 amide bonds. The molecule has 0 saturated heterocycles. The number of carbonyl (C=O) groups excluding carboxylic acids is 2. The van der Waals surface area contributed by atoms with E-state index in [1.54, 1.807) is 0 Å². The average molecular weight is 298 g/mol. The van der Waals surface area contributed by atoms with E-state index < -0.39 is 0 Å². The Morgan fingerprint density at radius 1 is 1.05 bits per heavy atom. The third-order valence-electron chi connectivity index (χ3n) is 3.14. The highest BCUT2D eigenvalue weighted by Crippen LogP contribution is 2.12. The van der Waals surface area contributed by atoms with E-state index in [9.17, 15) is 9.59 Å². The van der Waals surface area contributed by atoms with E-state index >= 15 is 0 Å². The number of hydrogen-bond donors (Lipinski definition) is 0. The van der Waals surface area contributed by atoms with Gasteiger partial charge in [0.25, 0.3) is 0 Å². The van der Waals surface area contributed by atoms with Crippen LogP contribution in [-0.4, -0.2) is 24.6 Å². The Morgan fingerprint density at radius 2 is 1.71 bits per heavy atom. The molecular weight excluding hydrogens is 268 g/mol. The topological polar surface area (TPSA) is 52.6 Å². The Labute approximate surface area is 128 Å². The molecule has 0 spiro atoms. The van der Waals surface area contributed by atoms with Crippen LogP contribution in [0.25, 0.3) is 0 Å². The zero-order valence-electron chi connectivity index (χ0n) is 13.9. The van der Waals surface area contributed by atoms with Crippen LogP contribution in [0.1, 0.15) is 66.2 Å². The minimum atomic E-state index is -0.247. The molecule has 0 N–H and O–H groups in total. The molecule has 4 heteroatoms. The van der Waals surface area contributed by atoms with Gasteiger partial charge >= 0.3 is 11.9 Å². The van der Waals surface area contributed by atoms with Crippen molar-refractivity contribution in [2.24, 2.45) is 5.92 Å². The van der Waals surface area contributed by atoms with Crippen LogP contribution in [0.2, 0.25) is 0 Å². The second-order valence-corrected chi connectivity index (χ2v) is 5.42. The molecule has 0 heterocycles. The molecule has 0 aliphatic rings. The molecule has 0 aromatic rings. The smallest absolute Gasteiger partial charge is 0.306 e. The monoisotopic (exact) mass is 298 g/mol. The van der Waals surface area contributed by atoms with Crippen LogP contribution >= 0.6 is 0 Å². The summed E-state index contributed by atoms with van der Waals surface area (Å²) in [5, 5.41) is 0. The second kappa shape index (κ2) is 12.4. The summed E-state index contributed by atoms with van der Waals surface area (Å²) in [4.78, 5) is 23.1. The van der Waals surface area contributed by atoms with Crippen LogP contribution in [0, 0.1) is 5.92 Å². The first kappa shape index (κ1) is 19.7. The first-order valence-corrected chi connectivity index (χ1v) is 8.01. The maximum atomic E-state index is 11.6. The number of ether oxygens (including phenoxy) is 2. The quantitative estimate of drug-likeness (QED) is 0.328. The number of carbonyl (C=O) groups is 2. The molecule has 0 rings (SSSR count). The van der Waals surface area contributed by atoms with Crippen LogP contribution in [-0.2, 0) is 19.1 Å². The molecule has 0 aliphatic carbocycles. The van der Waals surface area contributed by atoms with Crippen molar-refractivity contribution in [3.05, 3.63) is 12.2 Å². The highest BCUT2D eigenvalue weighted by molar-refractivity contribution is 5.72. The Kier molecular flexibility index (Phi) is 11.6. The van der Waals surface area contributed by atoms with E-state index in [0.717, 1.165) is 19.3 Å². The van der Waals surface area contributed by atoms with Crippen LogP contribution in [0.3, 0.4) is 0 Å². The van der Waals surface area contributed by atoms with Gasteiger partial charge in [-0.25, -0.2) is 0 Å². The number of hydrogen-bond acceptors (Lipinski definition) is 4.